The van der Waals surface area contributed by atoms with Crippen molar-refractivity contribution in [3.05, 3.63) is 47.8 Å². The Balaban J connectivity index is 1.50. The minimum Gasteiger partial charge on any atom is -0.353 e. The van der Waals surface area contributed by atoms with E-state index in [0.717, 1.165) is 30.8 Å². The van der Waals surface area contributed by atoms with Crippen molar-refractivity contribution in [2.75, 3.05) is 31.1 Å². The van der Waals surface area contributed by atoms with Crippen LogP contribution in [0, 0.1) is 12.7 Å². The van der Waals surface area contributed by atoms with Crippen LogP contribution >= 0.6 is 0 Å². The highest BCUT2D eigenvalue weighted by Crippen LogP contribution is 2.16. The second-order valence-electron chi connectivity index (χ2n) is 6.23. The van der Waals surface area contributed by atoms with E-state index < -0.39 is 5.82 Å². The first kappa shape index (κ1) is 16.4. The molecule has 1 aliphatic rings. The molecule has 1 saturated heterocycles. The molecular weight excluding hydrogens is 337 g/mol. The van der Waals surface area contributed by atoms with Crippen LogP contribution in [0.2, 0.25) is 0 Å². The predicted octanol–water partition coefficient (Wildman–Crippen LogP) is 1.32. The SMILES string of the molecule is Cc1nnc2ccc(N3CCCN(C(=O)c4cncc(F)c4)CC3)nn12. The maximum absolute atomic E-state index is 13.3. The van der Waals surface area contributed by atoms with Gasteiger partial charge in [0.05, 0.1) is 11.8 Å². The summed E-state index contributed by atoms with van der Waals surface area (Å²) >= 11 is 0. The van der Waals surface area contributed by atoms with Crippen LogP contribution in [0.15, 0.2) is 30.6 Å². The van der Waals surface area contributed by atoms with E-state index in [4.69, 9.17) is 0 Å². The summed E-state index contributed by atoms with van der Waals surface area (Å²) in [6.45, 7) is 4.43. The van der Waals surface area contributed by atoms with E-state index in [1.807, 2.05) is 19.1 Å². The number of amides is 1. The third kappa shape index (κ3) is 3.07. The number of aryl methyl sites for hydroxylation is 1. The smallest absolute Gasteiger partial charge is 0.255 e. The van der Waals surface area contributed by atoms with Crippen molar-refractivity contribution in [1.29, 1.82) is 0 Å². The van der Waals surface area contributed by atoms with Crippen molar-refractivity contribution in [2.45, 2.75) is 13.3 Å². The second-order valence-corrected chi connectivity index (χ2v) is 6.23. The average Bonchev–Trinajstić information content (AvgIpc) is 2.87. The van der Waals surface area contributed by atoms with Gasteiger partial charge in [-0.2, -0.15) is 4.52 Å². The molecule has 3 aromatic heterocycles. The highest BCUT2D eigenvalue weighted by Gasteiger charge is 2.22. The van der Waals surface area contributed by atoms with Crippen LogP contribution < -0.4 is 4.90 Å². The largest absolute Gasteiger partial charge is 0.353 e. The highest BCUT2D eigenvalue weighted by atomic mass is 19.1. The summed E-state index contributed by atoms with van der Waals surface area (Å²) in [5.41, 5.74) is 0.981. The Kier molecular flexibility index (Phi) is 4.19. The lowest BCUT2D eigenvalue weighted by molar-refractivity contribution is 0.0766. The van der Waals surface area contributed by atoms with Gasteiger partial charge < -0.3 is 9.80 Å². The number of fused-ring (bicyclic) bond motifs is 1. The van der Waals surface area contributed by atoms with E-state index in [2.05, 4.69) is 25.2 Å². The van der Waals surface area contributed by atoms with E-state index in [1.54, 1.807) is 9.42 Å². The number of nitrogens with zero attached hydrogens (tertiary/aromatic N) is 7. The van der Waals surface area contributed by atoms with Gasteiger partial charge in [0.1, 0.15) is 11.6 Å². The van der Waals surface area contributed by atoms with Crippen LogP contribution in [0.4, 0.5) is 10.2 Å². The number of carbonyl (C=O) groups excluding carboxylic acids is 1. The zero-order valence-corrected chi connectivity index (χ0v) is 14.3. The lowest BCUT2D eigenvalue weighted by atomic mass is 10.2. The van der Waals surface area contributed by atoms with Gasteiger partial charge in [0.2, 0.25) is 0 Å². The van der Waals surface area contributed by atoms with Gasteiger partial charge in [0, 0.05) is 32.4 Å². The van der Waals surface area contributed by atoms with Crippen LogP contribution in [0.25, 0.3) is 5.65 Å². The monoisotopic (exact) mass is 355 g/mol. The average molecular weight is 355 g/mol. The molecule has 4 heterocycles. The van der Waals surface area contributed by atoms with Crippen LogP contribution in [0.3, 0.4) is 0 Å². The molecule has 0 aromatic carbocycles. The highest BCUT2D eigenvalue weighted by molar-refractivity contribution is 5.94. The Morgan fingerprint density at radius 1 is 1.12 bits per heavy atom. The van der Waals surface area contributed by atoms with E-state index in [-0.39, 0.29) is 11.5 Å². The molecule has 26 heavy (non-hydrogen) atoms. The fraction of sp³-hybridized carbons (Fsp3) is 0.353. The topological polar surface area (TPSA) is 79.5 Å². The molecule has 8 nitrogen and oxygen atoms in total. The number of rotatable bonds is 2. The van der Waals surface area contributed by atoms with Crippen molar-refractivity contribution in [3.8, 4) is 0 Å². The molecule has 1 aliphatic heterocycles. The van der Waals surface area contributed by atoms with Crippen molar-refractivity contribution in [3.63, 3.8) is 0 Å². The van der Waals surface area contributed by atoms with Gasteiger partial charge in [-0.1, -0.05) is 0 Å². The molecule has 0 N–H and O–H groups in total. The standard InChI is InChI=1S/C17H18FN7O/c1-12-20-21-15-3-4-16(22-25(12)15)23-5-2-6-24(8-7-23)17(26)13-9-14(18)11-19-10-13/h3-4,9-11H,2,5-8H2,1H3. The van der Waals surface area contributed by atoms with E-state index in [9.17, 15) is 9.18 Å². The van der Waals surface area contributed by atoms with Gasteiger partial charge in [-0.3, -0.25) is 9.78 Å². The maximum Gasteiger partial charge on any atom is 0.255 e. The maximum atomic E-state index is 13.3. The fourth-order valence-corrected chi connectivity index (χ4v) is 3.12. The Labute approximate surface area is 149 Å². The third-order valence-corrected chi connectivity index (χ3v) is 4.46. The summed E-state index contributed by atoms with van der Waals surface area (Å²) < 4.78 is 15.0. The number of hydrogen-bond acceptors (Lipinski definition) is 6. The molecule has 0 aliphatic carbocycles. The normalized spacial score (nSPS) is 15.3. The minimum absolute atomic E-state index is 0.197. The Hall–Kier alpha value is -3.10. The number of anilines is 1. The molecule has 0 saturated carbocycles. The first-order chi connectivity index (χ1) is 12.6. The van der Waals surface area contributed by atoms with E-state index in [1.165, 1.54) is 12.3 Å². The lowest BCUT2D eigenvalue weighted by Gasteiger charge is -2.22. The number of pyridine rings is 1. The van der Waals surface area contributed by atoms with Crippen molar-refractivity contribution in [1.82, 2.24) is 29.7 Å². The summed E-state index contributed by atoms with van der Waals surface area (Å²) in [7, 11) is 0. The summed E-state index contributed by atoms with van der Waals surface area (Å²) in [5, 5.41) is 12.7. The fourth-order valence-electron chi connectivity index (χ4n) is 3.12. The van der Waals surface area contributed by atoms with Crippen LogP contribution in [0.1, 0.15) is 22.6 Å². The van der Waals surface area contributed by atoms with Gasteiger partial charge in [0.25, 0.3) is 5.91 Å². The second kappa shape index (κ2) is 6.66. The molecule has 0 unspecified atom stereocenters. The van der Waals surface area contributed by atoms with Gasteiger partial charge in [-0.25, -0.2) is 4.39 Å². The minimum atomic E-state index is -0.505. The Morgan fingerprint density at radius 3 is 2.85 bits per heavy atom. The quantitative estimate of drug-likeness (QED) is 0.690. The molecule has 1 amide bonds. The molecule has 0 bridgehead atoms. The molecular formula is C17H18FN7O. The van der Waals surface area contributed by atoms with Crippen LogP contribution in [-0.4, -0.2) is 61.8 Å². The number of hydrogen-bond donors (Lipinski definition) is 0. The van der Waals surface area contributed by atoms with Crippen molar-refractivity contribution in [2.24, 2.45) is 0 Å². The summed E-state index contributed by atoms with van der Waals surface area (Å²) in [6.07, 6.45) is 3.30. The van der Waals surface area contributed by atoms with Crippen molar-refractivity contribution >= 4 is 17.4 Å². The molecule has 3 aromatic rings. The first-order valence-corrected chi connectivity index (χ1v) is 8.46. The molecule has 0 spiro atoms. The predicted molar refractivity (Wildman–Crippen MR) is 92.4 cm³/mol. The number of carbonyl (C=O) groups is 1. The van der Waals surface area contributed by atoms with Gasteiger partial charge in [-0.05, 0) is 31.5 Å². The molecule has 9 heteroatoms. The zero-order valence-electron chi connectivity index (χ0n) is 14.3. The van der Waals surface area contributed by atoms with E-state index in [0.29, 0.717) is 25.3 Å². The summed E-state index contributed by atoms with van der Waals surface area (Å²) in [5.74, 6) is 0.847. The summed E-state index contributed by atoms with van der Waals surface area (Å²) in [6, 6.07) is 5.02. The first-order valence-electron chi connectivity index (χ1n) is 8.46. The molecule has 1 fully saturated rings. The molecule has 134 valence electrons. The van der Waals surface area contributed by atoms with Crippen molar-refractivity contribution < 1.29 is 9.18 Å². The van der Waals surface area contributed by atoms with Crippen LogP contribution in [0.5, 0.6) is 0 Å². The molecule has 0 atom stereocenters. The number of aromatic nitrogens is 5. The zero-order chi connectivity index (χ0) is 18.1. The van der Waals surface area contributed by atoms with Gasteiger partial charge >= 0.3 is 0 Å². The summed E-state index contributed by atoms with van der Waals surface area (Å²) in [4.78, 5) is 20.2. The van der Waals surface area contributed by atoms with E-state index >= 15 is 0 Å². The van der Waals surface area contributed by atoms with Crippen LogP contribution in [-0.2, 0) is 0 Å². The Bertz CT molecular complexity index is 957. The molecule has 4 rings (SSSR count). The Morgan fingerprint density at radius 2 is 2.00 bits per heavy atom. The molecule has 0 radical (unpaired) electrons. The van der Waals surface area contributed by atoms with Gasteiger partial charge in [0.15, 0.2) is 11.5 Å². The third-order valence-electron chi connectivity index (χ3n) is 4.46. The lowest BCUT2D eigenvalue weighted by Crippen LogP contribution is -2.35. The van der Waals surface area contributed by atoms with Gasteiger partial charge in [-0.15, -0.1) is 15.3 Å². The number of halogens is 1.